The number of morpholine rings is 1. The molecule has 1 aromatic carbocycles. The van der Waals surface area contributed by atoms with Crippen molar-refractivity contribution in [2.24, 2.45) is 0 Å². The molecule has 1 amide bonds. The van der Waals surface area contributed by atoms with Gasteiger partial charge < -0.3 is 15.0 Å². The van der Waals surface area contributed by atoms with Gasteiger partial charge in [-0.15, -0.1) is 11.3 Å². The Labute approximate surface area is 173 Å². The number of thiophene rings is 1. The van der Waals surface area contributed by atoms with Crippen LogP contribution in [0.15, 0.2) is 47.3 Å². The monoisotopic (exact) mass is 411 g/mol. The molecule has 1 fully saturated rings. The first-order valence-corrected chi connectivity index (χ1v) is 10.7. The molecular weight excluding hydrogens is 386 g/mol. The fourth-order valence-corrected chi connectivity index (χ4v) is 4.83. The van der Waals surface area contributed by atoms with E-state index in [1.165, 1.54) is 4.70 Å². The van der Waals surface area contributed by atoms with Gasteiger partial charge in [0.05, 0.1) is 18.8 Å². The summed E-state index contributed by atoms with van der Waals surface area (Å²) in [5.74, 6) is -0.358. The average molecular weight is 412 g/mol. The van der Waals surface area contributed by atoms with E-state index < -0.39 is 0 Å². The van der Waals surface area contributed by atoms with Crippen LogP contribution in [0.2, 0.25) is 0 Å². The number of amides is 1. The van der Waals surface area contributed by atoms with Crippen molar-refractivity contribution in [3.63, 3.8) is 0 Å². The highest BCUT2D eigenvalue weighted by Gasteiger charge is 2.22. The Morgan fingerprint density at radius 1 is 1.21 bits per heavy atom. The number of ether oxygens (including phenoxy) is 1. The normalized spacial score (nSPS) is 20.1. The van der Waals surface area contributed by atoms with E-state index in [1.54, 1.807) is 17.4 Å². The Morgan fingerprint density at radius 2 is 1.97 bits per heavy atom. The molecule has 1 aliphatic heterocycles. The zero-order valence-electron chi connectivity index (χ0n) is 16.6. The van der Waals surface area contributed by atoms with Crippen molar-refractivity contribution in [1.82, 2.24) is 15.2 Å². The van der Waals surface area contributed by atoms with Crippen molar-refractivity contribution in [2.45, 2.75) is 39.1 Å². The molecule has 6 nitrogen and oxygen atoms in total. The van der Waals surface area contributed by atoms with E-state index in [0.29, 0.717) is 13.1 Å². The van der Waals surface area contributed by atoms with E-state index in [4.69, 9.17) is 4.74 Å². The van der Waals surface area contributed by atoms with Crippen LogP contribution in [0.4, 0.5) is 0 Å². The fourth-order valence-electron chi connectivity index (χ4n) is 3.83. The summed E-state index contributed by atoms with van der Waals surface area (Å²) in [6, 6.07) is 13.6. The van der Waals surface area contributed by atoms with Crippen molar-refractivity contribution < 1.29 is 9.53 Å². The third-order valence-corrected chi connectivity index (χ3v) is 6.12. The highest BCUT2D eigenvalue weighted by atomic mass is 32.1. The summed E-state index contributed by atoms with van der Waals surface area (Å²) in [4.78, 5) is 31.1. The molecule has 1 aliphatic rings. The minimum Gasteiger partial charge on any atom is -0.373 e. The molecule has 4 rings (SSSR count). The van der Waals surface area contributed by atoms with Crippen LogP contribution in [0.5, 0.6) is 0 Å². The number of carbonyl (C=O) groups is 1. The highest BCUT2D eigenvalue weighted by Crippen LogP contribution is 2.25. The number of hydrogen-bond donors (Lipinski definition) is 2. The molecule has 0 radical (unpaired) electrons. The Hall–Kier alpha value is -2.48. The van der Waals surface area contributed by atoms with E-state index in [-0.39, 0.29) is 29.2 Å². The number of rotatable bonds is 5. The van der Waals surface area contributed by atoms with Crippen molar-refractivity contribution >= 4 is 27.3 Å². The topological polar surface area (TPSA) is 74.4 Å². The summed E-state index contributed by atoms with van der Waals surface area (Å²) in [5, 5.41) is 4.02. The highest BCUT2D eigenvalue weighted by molar-refractivity contribution is 7.19. The predicted molar refractivity (Wildman–Crippen MR) is 115 cm³/mol. The van der Waals surface area contributed by atoms with Crippen LogP contribution in [0.1, 0.15) is 34.8 Å². The number of aromatic nitrogens is 1. The van der Waals surface area contributed by atoms with E-state index in [0.717, 1.165) is 29.0 Å². The average Bonchev–Trinajstić information content (AvgIpc) is 3.08. The van der Waals surface area contributed by atoms with Crippen LogP contribution in [-0.4, -0.2) is 41.1 Å². The molecule has 2 N–H and O–H groups in total. The standard InChI is InChI=1S/C22H25N3O3S/c1-14-11-25(12-15(2)28-14)13-17-7-8-19(22(27)24-17)21(26)23-10-18-9-16-5-3-4-6-20(16)29-18/h3-9,14-15H,10-13H2,1-2H3,(H,23,26)(H,24,27)/t14-,15+. The maximum Gasteiger partial charge on any atom is 0.261 e. The van der Waals surface area contributed by atoms with Crippen molar-refractivity contribution in [2.75, 3.05) is 13.1 Å². The number of nitrogens with zero attached hydrogens (tertiary/aromatic N) is 1. The van der Waals surface area contributed by atoms with E-state index in [2.05, 4.69) is 47.2 Å². The Kier molecular flexibility index (Phi) is 5.80. The van der Waals surface area contributed by atoms with Crippen LogP contribution in [0, 0.1) is 0 Å². The third-order valence-electron chi connectivity index (χ3n) is 5.00. The van der Waals surface area contributed by atoms with Crippen LogP contribution in [0.25, 0.3) is 10.1 Å². The SMILES string of the molecule is C[C@@H]1CN(Cc2ccc(C(=O)NCc3cc4ccccc4s3)c(=O)[nH]2)C[C@H](C)O1. The number of pyridine rings is 1. The fraction of sp³-hybridized carbons (Fsp3) is 0.364. The second kappa shape index (κ2) is 8.49. The molecule has 152 valence electrons. The van der Waals surface area contributed by atoms with Crippen LogP contribution in [0.3, 0.4) is 0 Å². The molecular formula is C22H25N3O3S. The molecule has 0 spiro atoms. The molecule has 7 heteroatoms. The number of benzene rings is 1. The first-order valence-electron chi connectivity index (χ1n) is 9.83. The molecule has 0 saturated carbocycles. The molecule has 0 aliphatic carbocycles. The van der Waals surface area contributed by atoms with Crippen LogP contribution in [-0.2, 0) is 17.8 Å². The maximum atomic E-state index is 12.5. The Bertz CT molecular complexity index is 1030. The number of nitrogens with one attached hydrogen (secondary N) is 2. The lowest BCUT2D eigenvalue weighted by Gasteiger charge is -2.35. The molecule has 2 aromatic heterocycles. The van der Waals surface area contributed by atoms with Gasteiger partial charge in [0.2, 0.25) is 0 Å². The van der Waals surface area contributed by atoms with Crippen molar-refractivity contribution in [1.29, 1.82) is 0 Å². The number of fused-ring (bicyclic) bond motifs is 1. The summed E-state index contributed by atoms with van der Waals surface area (Å²) in [5.41, 5.74) is 0.585. The molecule has 3 heterocycles. The quantitative estimate of drug-likeness (QED) is 0.677. The van der Waals surface area contributed by atoms with E-state index in [9.17, 15) is 9.59 Å². The first-order chi connectivity index (χ1) is 14.0. The summed E-state index contributed by atoms with van der Waals surface area (Å²) in [6.45, 7) is 6.79. The number of hydrogen-bond acceptors (Lipinski definition) is 5. The summed E-state index contributed by atoms with van der Waals surface area (Å²) in [6.07, 6.45) is 0.342. The van der Waals surface area contributed by atoms with Gasteiger partial charge in [-0.1, -0.05) is 18.2 Å². The number of aromatic amines is 1. The number of carbonyl (C=O) groups excluding carboxylic acids is 1. The van der Waals surface area contributed by atoms with Crippen molar-refractivity contribution in [3.05, 3.63) is 69.0 Å². The first kappa shape index (κ1) is 19.8. The van der Waals surface area contributed by atoms with Crippen molar-refractivity contribution in [3.8, 4) is 0 Å². The van der Waals surface area contributed by atoms with Gasteiger partial charge in [-0.25, -0.2) is 0 Å². The van der Waals surface area contributed by atoms with Gasteiger partial charge in [0.25, 0.3) is 11.5 Å². The maximum absolute atomic E-state index is 12.5. The minimum atomic E-state index is -0.358. The summed E-state index contributed by atoms with van der Waals surface area (Å²) >= 11 is 1.64. The zero-order chi connectivity index (χ0) is 20.4. The molecule has 2 atom stereocenters. The Balaban J connectivity index is 1.39. The summed E-state index contributed by atoms with van der Waals surface area (Å²) < 4.78 is 6.93. The molecule has 29 heavy (non-hydrogen) atoms. The smallest absolute Gasteiger partial charge is 0.261 e. The lowest BCUT2D eigenvalue weighted by atomic mass is 10.2. The van der Waals surface area contributed by atoms with Gasteiger partial charge in [-0.05, 0) is 43.5 Å². The summed E-state index contributed by atoms with van der Waals surface area (Å²) in [7, 11) is 0. The van der Waals surface area contributed by atoms with Crippen LogP contribution < -0.4 is 10.9 Å². The molecule has 0 bridgehead atoms. The molecule has 0 unspecified atom stereocenters. The van der Waals surface area contributed by atoms with E-state index in [1.807, 2.05) is 18.2 Å². The molecule has 1 saturated heterocycles. The predicted octanol–water partition coefficient (Wildman–Crippen LogP) is 3.13. The lowest BCUT2D eigenvalue weighted by molar-refractivity contribution is -0.0707. The van der Waals surface area contributed by atoms with Gasteiger partial charge in [0.1, 0.15) is 5.56 Å². The lowest BCUT2D eigenvalue weighted by Crippen LogP contribution is -2.45. The zero-order valence-corrected chi connectivity index (χ0v) is 17.4. The molecule has 3 aromatic rings. The van der Waals surface area contributed by atoms with Crippen LogP contribution >= 0.6 is 11.3 Å². The van der Waals surface area contributed by atoms with Gasteiger partial charge in [-0.3, -0.25) is 14.5 Å². The second-order valence-corrected chi connectivity index (χ2v) is 8.78. The Morgan fingerprint density at radius 3 is 2.69 bits per heavy atom. The van der Waals surface area contributed by atoms with Gasteiger partial charge in [0.15, 0.2) is 0 Å². The third kappa shape index (κ3) is 4.75. The van der Waals surface area contributed by atoms with Gasteiger partial charge in [-0.2, -0.15) is 0 Å². The second-order valence-electron chi connectivity index (χ2n) is 7.61. The number of H-pyrrole nitrogens is 1. The van der Waals surface area contributed by atoms with Gasteiger partial charge >= 0.3 is 0 Å². The van der Waals surface area contributed by atoms with Gasteiger partial charge in [0, 0.05) is 34.9 Å². The largest absolute Gasteiger partial charge is 0.373 e. The minimum absolute atomic E-state index is 0.138. The van der Waals surface area contributed by atoms with E-state index >= 15 is 0 Å².